The van der Waals surface area contributed by atoms with Gasteiger partial charge in [-0.25, -0.2) is 0 Å². The standard InChI is InChI=1S/C50H98O7/c1-3-5-7-9-11-13-15-17-19-21-23-25-27-29-31-33-35-37-39-41-49(53)56-45-47(51)43-55-44-48(52)46-57-50(54)42-40-38-36-34-32-30-28-26-24-22-20-18-16-14-12-10-8-6-4-2/h47-48,51-52H,3-46H2,1-2H3/t47-,48-/m1/s1. The number of aliphatic hydroxyl groups is 2. The highest BCUT2D eigenvalue weighted by atomic mass is 16.6. The average Bonchev–Trinajstić information content (AvgIpc) is 3.21. The Bertz CT molecular complexity index is 742. The summed E-state index contributed by atoms with van der Waals surface area (Å²) in [6, 6.07) is 0. The Hall–Kier alpha value is -1.18. The minimum atomic E-state index is -0.955. The molecule has 57 heavy (non-hydrogen) atoms. The SMILES string of the molecule is CCCCCCCCCCCCCCCCCCCCCC(=O)OC[C@H](O)COC[C@@H](O)COC(=O)CCCCCCCCCCCCCCCCCCCCC. The van der Waals surface area contributed by atoms with Gasteiger partial charge >= 0.3 is 11.9 Å². The molecule has 0 radical (unpaired) electrons. The van der Waals surface area contributed by atoms with Gasteiger partial charge in [-0.15, -0.1) is 0 Å². The van der Waals surface area contributed by atoms with Crippen LogP contribution in [0.15, 0.2) is 0 Å². The summed E-state index contributed by atoms with van der Waals surface area (Å²) < 4.78 is 15.7. The molecule has 0 fully saturated rings. The maximum Gasteiger partial charge on any atom is 0.305 e. The summed E-state index contributed by atoms with van der Waals surface area (Å²) in [6.45, 7) is 4.20. The van der Waals surface area contributed by atoms with Crippen molar-refractivity contribution < 1.29 is 34.0 Å². The largest absolute Gasteiger partial charge is 0.463 e. The normalized spacial score (nSPS) is 12.6. The Balaban J connectivity index is 3.41. The number of aliphatic hydroxyl groups excluding tert-OH is 2. The van der Waals surface area contributed by atoms with Crippen molar-refractivity contribution in [2.75, 3.05) is 26.4 Å². The zero-order valence-corrected chi connectivity index (χ0v) is 38.2. The van der Waals surface area contributed by atoms with E-state index in [0.717, 1.165) is 38.5 Å². The zero-order chi connectivity index (χ0) is 41.5. The Labute approximate surface area is 354 Å². The first-order chi connectivity index (χ1) is 28.0. The van der Waals surface area contributed by atoms with Crippen LogP contribution in [0.5, 0.6) is 0 Å². The Morgan fingerprint density at radius 2 is 0.509 bits per heavy atom. The van der Waals surface area contributed by atoms with E-state index < -0.39 is 12.2 Å². The van der Waals surface area contributed by atoms with E-state index >= 15 is 0 Å². The van der Waals surface area contributed by atoms with Crippen molar-refractivity contribution in [2.45, 2.75) is 283 Å². The summed E-state index contributed by atoms with van der Waals surface area (Å²) in [5.41, 5.74) is 0. The summed E-state index contributed by atoms with van der Waals surface area (Å²) >= 11 is 0. The number of hydrogen-bond acceptors (Lipinski definition) is 7. The molecule has 2 N–H and O–H groups in total. The number of ether oxygens (including phenoxy) is 3. The third-order valence-electron chi connectivity index (χ3n) is 11.5. The van der Waals surface area contributed by atoms with E-state index in [1.807, 2.05) is 0 Å². The van der Waals surface area contributed by atoms with Crippen LogP contribution >= 0.6 is 0 Å². The van der Waals surface area contributed by atoms with Gasteiger partial charge in [0.15, 0.2) is 0 Å². The van der Waals surface area contributed by atoms with Crippen molar-refractivity contribution in [3.63, 3.8) is 0 Å². The maximum atomic E-state index is 12.0. The van der Waals surface area contributed by atoms with Crippen LogP contribution < -0.4 is 0 Å². The minimum Gasteiger partial charge on any atom is -0.463 e. The predicted molar refractivity (Wildman–Crippen MR) is 241 cm³/mol. The monoisotopic (exact) mass is 811 g/mol. The second-order valence-electron chi connectivity index (χ2n) is 17.4. The van der Waals surface area contributed by atoms with Gasteiger partial charge in [0.1, 0.15) is 25.4 Å². The van der Waals surface area contributed by atoms with E-state index in [2.05, 4.69) is 13.8 Å². The molecule has 0 aliphatic rings. The molecule has 0 aromatic heterocycles. The lowest BCUT2D eigenvalue weighted by Gasteiger charge is -2.15. The second kappa shape index (κ2) is 47.5. The Morgan fingerprint density at radius 1 is 0.316 bits per heavy atom. The van der Waals surface area contributed by atoms with E-state index in [1.165, 1.54) is 205 Å². The third-order valence-corrected chi connectivity index (χ3v) is 11.5. The van der Waals surface area contributed by atoms with Crippen molar-refractivity contribution in [1.82, 2.24) is 0 Å². The molecule has 0 aliphatic carbocycles. The minimum absolute atomic E-state index is 0.0586. The highest BCUT2D eigenvalue weighted by Gasteiger charge is 2.13. The van der Waals surface area contributed by atoms with Crippen molar-refractivity contribution in [1.29, 1.82) is 0 Å². The van der Waals surface area contributed by atoms with Gasteiger partial charge in [-0.3, -0.25) is 9.59 Å². The van der Waals surface area contributed by atoms with Crippen LogP contribution in [-0.4, -0.2) is 60.8 Å². The molecule has 7 nitrogen and oxygen atoms in total. The van der Waals surface area contributed by atoms with Crippen molar-refractivity contribution in [3.8, 4) is 0 Å². The topological polar surface area (TPSA) is 102 Å². The van der Waals surface area contributed by atoms with Gasteiger partial charge in [0.25, 0.3) is 0 Å². The van der Waals surface area contributed by atoms with Gasteiger partial charge in [0, 0.05) is 12.8 Å². The van der Waals surface area contributed by atoms with Gasteiger partial charge in [0.2, 0.25) is 0 Å². The molecule has 7 heteroatoms. The molecule has 0 amide bonds. The zero-order valence-electron chi connectivity index (χ0n) is 38.2. The molecular weight excluding hydrogens is 713 g/mol. The van der Waals surface area contributed by atoms with Crippen molar-refractivity contribution in [3.05, 3.63) is 0 Å². The molecular formula is C50H98O7. The van der Waals surface area contributed by atoms with Crippen LogP contribution in [0.1, 0.15) is 271 Å². The summed E-state index contributed by atoms with van der Waals surface area (Å²) in [6.07, 6.45) is 48.9. The molecule has 0 spiro atoms. The summed E-state index contributed by atoms with van der Waals surface area (Å²) in [5.74, 6) is -0.587. The number of esters is 2. The van der Waals surface area contributed by atoms with Gasteiger partial charge in [0.05, 0.1) is 13.2 Å². The van der Waals surface area contributed by atoms with E-state index in [-0.39, 0.29) is 38.4 Å². The lowest BCUT2D eigenvalue weighted by atomic mass is 10.0. The average molecular weight is 811 g/mol. The predicted octanol–water partition coefficient (Wildman–Crippen LogP) is 14.5. The molecule has 0 saturated carbocycles. The Morgan fingerprint density at radius 3 is 0.719 bits per heavy atom. The van der Waals surface area contributed by atoms with Crippen LogP contribution in [0, 0.1) is 0 Å². The summed E-state index contributed by atoms with van der Waals surface area (Å²) in [5, 5.41) is 20.2. The first kappa shape index (κ1) is 55.8. The van der Waals surface area contributed by atoms with E-state index in [4.69, 9.17) is 14.2 Å². The fraction of sp³-hybridized carbons (Fsp3) is 0.960. The molecule has 0 rings (SSSR count). The number of rotatable bonds is 48. The van der Waals surface area contributed by atoms with E-state index in [0.29, 0.717) is 12.8 Å². The van der Waals surface area contributed by atoms with Gasteiger partial charge in [-0.05, 0) is 12.8 Å². The van der Waals surface area contributed by atoms with Crippen LogP contribution in [-0.2, 0) is 23.8 Å². The molecule has 0 heterocycles. The molecule has 340 valence electrons. The lowest BCUT2D eigenvalue weighted by molar-refractivity contribution is -0.149. The molecule has 0 aromatic rings. The van der Waals surface area contributed by atoms with Crippen LogP contribution in [0.2, 0.25) is 0 Å². The van der Waals surface area contributed by atoms with Crippen LogP contribution in [0.4, 0.5) is 0 Å². The molecule has 0 aromatic carbocycles. The van der Waals surface area contributed by atoms with Crippen LogP contribution in [0.25, 0.3) is 0 Å². The number of unbranched alkanes of at least 4 members (excludes halogenated alkanes) is 36. The fourth-order valence-electron chi connectivity index (χ4n) is 7.65. The highest BCUT2D eigenvalue weighted by molar-refractivity contribution is 5.69. The third kappa shape index (κ3) is 47.4. The fourth-order valence-corrected chi connectivity index (χ4v) is 7.65. The highest BCUT2D eigenvalue weighted by Crippen LogP contribution is 2.17. The second-order valence-corrected chi connectivity index (χ2v) is 17.4. The van der Waals surface area contributed by atoms with Gasteiger partial charge in [-0.1, -0.05) is 245 Å². The number of carbonyl (C=O) groups excluding carboxylic acids is 2. The maximum absolute atomic E-state index is 12.0. The summed E-state index contributed by atoms with van der Waals surface area (Å²) in [4.78, 5) is 24.1. The molecule has 0 saturated heterocycles. The van der Waals surface area contributed by atoms with Crippen molar-refractivity contribution in [2.24, 2.45) is 0 Å². The smallest absolute Gasteiger partial charge is 0.305 e. The first-order valence-corrected chi connectivity index (χ1v) is 25.2. The number of hydrogen-bond donors (Lipinski definition) is 2. The molecule has 0 aliphatic heterocycles. The first-order valence-electron chi connectivity index (χ1n) is 25.2. The lowest BCUT2D eigenvalue weighted by Crippen LogP contribution is -2.28. The van der Waals surface area contributed by atoms with Crippen LogP contribution in [0.3, 0.4) is 0 Å². The van der Waals surface area contributed by atoms with Gasteiger partial charge in [-0.2, -0.15) is 0 Å². The van der Waals surface area contributed by atoms with E-state index in [9.17, 15) is 19.8 Å². The van der Waals surface area contributed by atoms with E-state index in [1.54, 1.807) is 0 Å². The quantitative estimate of drug-likeness (QED) is 0.0466. The molecule has 2 atom stereocenters. The van der Waals surface area contributed by atoms with Crippen molar-refractivity contribution >= 4 is 11.9 Å². The van der Waals surface area contributed by atoms with Gasteiger partial charge < -0.3 is 24.4 Å². The molecule has 0 unspecified atom stereocenters. The number of carbonyl (C=O) groups is 2. The Kier molecular flexibility index (Phi) is 46.5. The summed E-state index contributed by atoms with van der Waals surface area (Å²) in [7, 11) is 0. The molecule has 0 bridgehead atoms.